The van der Waals surface area contributed by atoms with Gasteiger partial charge in [-0.3, -0.25) is 10.1 Å². The molecule has 2 N–H and O–H groups in total. The molecule has 0 bridgehead atoms. The van der Waals surface area contributed by atoms with Crippen LogP contribution in [0.4, 0.5) is 5.13 Å². The normalized spacial score (nSPS) is 12.2. The fourth-order valence-electron chi connectivity index (χ4n) is 1.53. The highest BCUT2D eigenvalue weighted by atomic mass is 32.1. The van der Waals surface area contributed by atoms with Crippen molar-refractivity contribution in [2.24, 2.45) is 0 Å². The van der Waals surface area contributed by atoms with E-state index < -0.39 is 6.10 Å². The lowest BCUT2D eigenvalue weighted by atomic mass is 10.1. The molecule has 1 aromatic carbocycles. The Morgan fingerprint density at radius 2 is 2.11 bits per heavy atom. The zero-order valence-electron chi connectivity index (χ0n) is 10.8. The molecular weight excluding hydrogens is 262 g/mol. The van der Waals surface area contributed by atoms with Gasteiger partial charge in [0.15, 0.2) is 0 Å². The molecule has 2 rings (SSSR count). The zero-order valence-corrected chi connectivity index (χ0v) is 11.6. The molecule has 5 nitrogen and oxygen atoms in total. The third kappa shape index (κ3) is 3.84. The molecule has 0 radical (unpaired) electrons. The number of aryl methyl sites for hydroxylation is 1. The first-order valence-corrected chi connectivity index (χ1v) is 6.70. The van der Waals surface area contributed by atoms with Crippen LogP contribution in [-0.4, -0.2) is 26.5 Å². The lowest BCUT2D eigenvalue weighted by molar-refractivity contribution is 0.102. The van der Waals surface area contributed by atoms with Crippen LogP contribution >= 0.6 is 11.5 Å². The molecule has 1 unspecified atom stereocenters. The summed E-state index contributed by atoms with van der Waals surface area (Å²) in [6.45, 7) is 3.64. The van der Waals surface area contributed by atoms with Gasteiger partial charge in [0, 0.05) is 23.5 Å². The summed E-state index contributed by atoms with van der Waals surface area (Å²) in [7, 11) is 0. The van der Waals surface area contributed by atoms with E-state index in [2.05, 4.69) is 14.7 Å². The van der Waals surface area contributed by atoms with Gasteiger partial charge in [0.1, 0.15) is 5.82 Å². The first-order chi connectivity index (χ1) is 9.04. The van der Waals surface area contributed by atoms with Crippen LogP contribution in [0.5, 0.6) is 0 Å². The lowest BCUT2D eigenvalue weighted by Crippen LogP contribution is -2.12. The topological polar surface area (TPSA) is 75.1 Å². The van der Waals surface area contributed by atoms with E-state index >= 15 is 0 Å². The average Bonchev–Trinajstić information content (AvgIpc) is 2.76. The first kappa shape index (κ1) is 13.6. The van der Waals surface area contributed by atoms with Crippen molar-refractivity contribution in [1.82, 2.24) is 9.36 Å². The second kappa shape index (κ2) is 5.90. The van der Waals surface area contributed by atoms with E-state index in [0.29, 0.717) is 22.9 Å². The average molecular weight is 277 g/mol. The smallest absolute Gasteiger partial charge is 0.257 e. The Balaban J connectivity index is 2.02. The maximum Gasteiger partial charge on any atom is 0.257 e. The molecule has 2 aromatic rings. The molecule has 1 heterocycles. The van der Waals surface area contributed by atoms with Gasteiger partial charge in [-0.2, -0.15) is 4.37 Å². The van der Waals surface area contributed by atoms with Crippen molar-refractivity contribution in [3.8, 4) is 0 Å². The number of nitrogens with zero attached hydrogens (tertiary/aromatic N) is 2. The summed E-state index contributed by atoms with van der Waals surface area (Å²) >= 11 is 1.11. The van der Waals surface area contributed by atoms with E-state index in [1.165, 1.54) is 0 Å². The first-order valence-electron chi connectivity index (χ1n) is 5.93. The van der Waals surface area contributed by atoms with Crippen molar-refractivity contribution < 1.29 is 9.90 Å². The largest absolute Gasteiger partial charge is 0.393 e. The number of carbonyl (C=O) groups excluding carboxylic acids is 1. The van der Waals surface area contributed by atoms with Crippen LogP contribution < -0.4 is 5.32 Å². The molecule has 100 valence electrons. The van der Waals surface area contributed by atoms with E-state index in [4.69, 9.17) is 0 Å². The van der Waals surface area contributed by atoms with E-state index in [9.17, 15) is 9.90 Å². The summed E-state index contributed by atoms with van der Waals surface area (Å²) in [5.41, 5.74) is 1.68. The molecule has 0 aliphatic rings. The molecule has 1 atom stereocenters. The summed E-state index contributed by atoms with van der Waals surface area (Å²) in [5.74, 6) is 0.332. The second-order valence-corrected chi connectivity index (χ2v) is 5.14. The van der Waals surface area contributed by atoms with Gasteiger partial charge in [-0.15, -0.1) is 0 Å². The van der Waals surface area contributed by atoms with Crippen LogP contribution in [0.2, 0.25) is 0 Å². The summed E-state index contributed by atoms with van der Waals surface area (Å²) in [6, 6.07) is 7.30. The third-order valence-corrected chi connectivity index (χ3v) is 3.15. The molecule has 0 saturated heterocycles. The Labute approximate surface area is 115 Å². The Kier molecular flexibility index (Phi) is 4.24. The van der Waals surface area contributed by atoms with Crippen molar-refractivity contribution in [2.45, 2.75) is 26.4 Å². The van der Waals surface area contributed by atoms with Gasteiger partial charge in [-0.25, -0.2) is 4.98 Å². The summed E-state index contributed by atoms with van der Waals surface area (Å²) < 4.78 is 4.07. The number of aliphatic hydroxyl groups excluding tert-OH is 1. The predicted molar refractivity (Wildman–Crippen MR) is 74.4 cm³/mol. The minimum Gasteiger partial charge on any atom is -0.393 e. The van der Waals surface area contributed by atoms with Gasteiger partial charge < -0.3 is 5.11 Å². The highest BCUT2D eigenvalue weighted by Crippen LogP contribution is 2.14. The van der Waals surface area contributed by atoms with Gasteiger partial charge >= 0.3 is 0 Å². The maximum atomic E-state index is 11.9. The highest BCUT2D eigenvalue weighted by molar-refractivity contribution is 7.09. The van der Waals surface area contributed by atoms with Gasteiger partial charge in [0.25, 0.3) is 5.91 Å². The van der Waals surface area contributed by atoms with Crippen LogP contribution in [0.1, 0.15) is 28.7 Å². The number of aliphatic hydroxyl groups is 1. The lowest BCUT2D eigenvalue weighted by Gasteiger charge is -2.01. The van der Waals surface area contributed by atoms with Crippen molar-refractivity contribution in [1.29, 1.82) is 0 Å². The van der Waals surface area contributed by atoms with Gasteiger partial charge in [0.2, 0.25) is 5.13 Å². The van der Waals surface area contributed by atoms with E-state index in [1.54, 1.807) is 19.1 Å². The number of nitrogens with one attached hydrogen (secondary N) is 1. The minimum atomic E-state index is -0.491. The molecule has 0 aliphatic carbocycles. The molecule has 0 saturated carbocycles. The molecule has 6 heteroatoms. The maximum absolute atomic E-state index is 11.9. The number of amides is 1. The SMILES string of the molecule is Cc1ccc(C(=O)Nc2nc(CC(C)O)ns2)cc1. The highest BCUT2D eigenvalue weighted by Gasteiger charge is 2.11. The second-order valence-electron chi connectivity index (χ2n) is 4.39. The van der Waals surface area contributed by atoms with Crippen LogP contribution in [-0.2, 0) is 6.42 Å². The quantitative estimate of drug-likeness (QED) is 0.896. The van der Waals surface area contributed by atoms with Gasteiger partial charge in [0.05, 0.1) is 6.10 Å². The number of rotatable bonds is 4. The number of hydrogen-bond donors (Lipinski definition) is 2. The molecule has 0 aliphatic heterocycles. The minimum absolute atomic E-state index is 0.209. The number of carbonyl (C=O) groups is 1. The summed E-state index contributed by atoms with van der Waals surface area (Å²) in [5, 5.41) is 12.4. The van der Waals surface area contributed by atoms with E-state index in [1.807, 2.05) is 19.1 Å². The predicted octanol–water partition coefficient (Wildman–Crippen LogP) is 2.02. The van der Waals surface area contributed by atoms with Crippen LogP contribution in [0, 0.1) is 6.92 Å². The number of aromatic nitrogens is 2. The van der Waals surface area contributed by atoms with Crippen LogP contribution in [0.3, 0.4) is 0 Å². The molecule has 0 spiro atoms. The number of benzene rings is 1. The molecule has 1 aromatic heterocycles. The van der Waals surface area contributed by atoms with Gasteiger partial charge in [-0.1, -0.05) is 17.7 Å². The van der Waals surface area contributed by atoms with E-state index in [-0.39, 0.29) is 5.91 Å². The third-order valence-electron chi connectivity index (χ3n) is 2.48. The fourth-order valence-corrected chi connectivity index (χ4v) is 2.12. The fraction of sp³-hybridized carbons (Fsp3) is 0.308. The van der Waals surface area contributed by atoms with Gasteiger partial charge in [-0.05, 0) is 26.0 Å². The van der Waals surface area contributed by atoms with Crippen LogP contribution in [0.25, 0.3) is 0 Å². The molecule has 1 amide bonds. The Bertz CT molecular complexity index is 564. The summed E-state index contributed by atoms with van der Waals surface area (Å²) in [6.07, 6.45) is -0.105. The Morgan fingerprint density at radius 1 is 1.42 bits per heavy atom. The van der Waals surface area contributed by atoms with Crippen molar-refractivity contribution in [3.63, 3.8) is 0 Å². The van der Waals surface area contributed by atoms with Crippen LogP contribution in [0.15, 0.2) is 24.3 Å². The van der Waals surface area contributed by atoms with E-state index in [0.717, 1.165) is 17.1 Å². The van der Waals surface area contributed by atoms with Crippen molar-refractivity contribution in [2.75, 3.05) is 5.32 Å². The molecule has 19 heavy (non-hydrogen) atoms. The Morgan fingerprint density at radius 3 is 2.74 bits per heavy atom. The number of hydrogen-bond acceptors (Lipinski definition) is 5. The van der Waals surface area contributed by atoms with Crippen molar-refractivity contribution in [3.05, 3.63) is 41.2 Å². The Hall–Kier alpha value is -1.79. The standard InChI is InChI=1S/C13H15N3O2S/c1-8-3-5-10(6-4-8)12(18)15-13-14-11(16-19-13)7-9(2)17/h3-6,9,17H,7H2,1-2H3,(H,14,15,16,18). The zero-order chi connectivity index (χ0) is 13.8. The molecule has 0 fully saturated rings. The van der Waals surface area contributed by atoms with Crippen molar-refractivity contribution >= 4 is 22.6 Å². The monoisotopic (exact) mass is 277 g/mol. The molecular formula is C13H15N3O2S. The number of anilines is 1. The summed E-state index contributed by atoms with van der Waals surface area (Å²) in [4.78, 5) is 16.1.